The van der Waals surface area contributed by atoms with Crippen molar-refractivity contribution < 1.29 is 59.9 Å². The average Bonchev–Trinajstić information content (AvgIpc) is 2.71. The van der Waals surface area contributed by atoms with E-state index in [1.165, 1.54) is 55.6 Å². The van der Waals surface area contributed by atoms with Crippen molar-refractivity contribution in [1.29, 1.82) is 0 Å². The van der Waals surface area contributed by atoms with Gasteiger partial charge < -0.3 is 16.4 Å². The molecule has 0 atom stereocenters. The third-order valence-corrected chi connectivity index (χ3v) is 5.62. The standard InChI is InChI=1S/2C10H15.3O.2Ti/c2*1-6-7(2)9(4)10(5)8(6)3;;;;;/h2*1-5H3;;;;;/q2*-1;3*-2;2*+4. The molecule has 0 saturated carbocycles. The molecular formula is C20H30O3Ti2. The summed E-state index contributed by atoms with van der Waals surface area (Å²) in [5.41, 5.74) is 14.7. The smallest absolute Gasteiger partial charge is 2.00 e. The van der Waals surface area contributed by atoms with Crippen LogP contribution in [0.2, 0.25) is 0 Å². The average molecular weight is 414 g/mol. The molecule has 2 rings (SSSR count). The zero-order valence-electron chi connectivity index (χ0n) is 17.2. The van der Waals surface area contributed by atoms with E-state index in [1.54, 1.807) is 0 Å². The van der Waals surface area contributed by atoms with E-state index in [0.29, 0.717) is 0 Å². The van der Waals surface area contributed by atoms with Crippen molar-refractivity contribution in [3.05, 3.63) is 55.6 Å². The maximum atomic E-state index is 2.20. The molecule has 2 aromatic rings. The molecule has 0 amide bonds. The van der Waals surface area contributed by atoms with Gasteiger partial charge in [0.05, 0.1) is 0 Å². The van der Waals surface area contributed by atoms with E-state index in [1.807, 2.05) is 0 Å². The quantitative estimate of drug-likeness (QED) is 0.401. The van der Waals surface area contributed by atoms with Gasteiger partial charge in [-0.3, -0.25) is 0 Å². The van der Waals surface area contributed by atoms with Crippen molar-refractivity contribution >= 4 is 0 Å². The maximum absolute atomic E-state index is 2.20. The Morgan fingerprint density at radius 1 is 0.400 bits per heavy atom. The molecule has 0 aliphatic rings. The van der Waals surface area contributed by atoms with Crippen LogP contribution in [0.1, 0.15) is 55.6 Å². The van der Waals surface area contributed by atoms with E-state index in [9.17, 15) is 0 Å². The van der Waals surface area contributed by atoms with Crippen LogP contribution in [-0.4, -0.2) is 0 Å². The second-order valence-electron chi connectivity index (χ2n) is 6.25. The summed E-state index contributed by atoms with van der Waals surface area (Å²) < 4.78 is 0. The number of hydrogen-bond donors (Lipinski definition) is 0. The molecule has 0 unspecified atom stereocenters. The molecule has 0 saturated heterocycles. The van der Waals surface area contributed by atoms with Gasteiger partial charge in [0, 0.05) is 0 Å². The molecule has 0 N–H and O–H groups in total. The van der Waals surface area contributed by atoms with Crippen LogP contribution in [0.25, 0.3) is 0 Å². The zero-order valence-corrected chi connectivity index (χ0v) is 20.3. The second-order valence-corrected chi connectivity index (χ2v) is 6.25. The molecule has 136 valence electrons. The summed E-state index contributed by atoms with van der Waals surface area (Å²) in [6.07, 6.45) is 0. The van der Waals surface area contributed by atoms with Crippen LogP contribution in [0.15, 0.2) is 0 Å². The topological polar surface area (TPSA) is 85.5 Å². The van der Waals surface area contributed by atoms with Gasteiger partial charge in [-0.15, -0.1) is 0 Å². The van der Waals surface area contributed by atoms with E-state index < -0.39 is 0 Å². The van der Waals surface area contributed by atoms with Gasteiger partial charge in [-0.05, 0) is 0 Å². The summed E-state index contributed by atoms with van der Waals surface area (Å²) in [7, 11) is 0. The second kappa shape index (κ2) is 14.1. The Morgan fingerprint density at radius 2 is 0.520 bits per heavy atom. The largest absolute Gasteiger partial charge is 4.00 e. The van der Waals surface area contributed by atoms with Gasteiger partial charge in [0.15, 0.2) is 0 Å². The van der Waals surface area contributed by atoms with E-state index in [-0.39, 0.29) is 59.9 Å². The minimum Gasteiger partial charge on any atom is -2.00 e. The molecule has 0 bridgehead atoms. The van der Waals surface area contributed by atoms with Crippen LogP contribution in [0, 0.1) is 69.2 Å². The van der Waals surface area contributed by atoms with Crippen molar-refractivity contribution in [1.82, 2.24) is 0 Å². The zero-order chi connectivity index (χ0) is 15.8. The summed E-state index contributed by atoms with van der Waals surface area (Å²) in [6.45, 7) is 22.0. The fourth-order valence-corrected chi connectivity index (χ4v) is 2.81. The first kappa shape index (κ1) is 36.0. The Balaban J connectivity index is -0.0000000889. The fourth-order valence-electron chi connectivity index (χ4n) is 2.81. The summed E-state index contributed by atoms with van der Waals surface area (Å²) in [4.78, 5) is 0. The van der Waals surface area contributed by atoms with Crippen molar-refractivity contribution in [2.45, 2.75) is 69.2 Å². The molecule has 0 aliphatic carbocycles. The van der Waals surface area contributed by atoms with Crippen molar-refractivity contribution in [3.63, 3.8) is 0 Å². The molecule has 2 aromatic carbocycles. The van der Waals surface area contributed by atoms with Crippen molar-refractivity contribution in [2.24, 2.45) is 0 Å². The van der Waals surface area contributed by atoms with Gasteiger partial charge in [-0.2, -0.15) is 55.6 Å². The summed E-state index contributed by atoms with van der Waals surface area (Å²) >= 11 is 0. The first-order valence-corrected chi connectivity index (χ1v) is 7.50. The molecule has 0 heterocycles. The van der Waals surface area contributed by atoms with Gasteiger partial charge in [-0.1, -0.05) is 69.2 Å². The van der Waals surface area contributed by atoms with E-state index in [0.717, 1.165) is 0 Å². The first-order chi connectivity index (χ1) is 9.11. The fraction of sp³-hybridized carbons (Fsp3) is 0.500. The third kappa shape index (κ3) is 7.27. The van der Waals surface area contributed by atoms with Crippen LogP contribution < -0.4 is 0 Å². The van der Waals surface area contributed by atoms with Crippen LogP contribution in [0.3, 0.4) is 0 Å². The van der Waals surface area contributed by atoms with E-state index in [4.69, 9.17) is 0 Å². The normalized spacial score (nSPS) is 8.40. The molecule has 0 radical (unpaired) electrons. The van der Waals surface area contributed by atoms with Gasteiger partial charge in [0.2, 0.25) is 0 Å². The maximum Gasteiger partial charge on any atom is 4.00 e. The molecule has 0 fully saturated rings. The predicted molar refractivity (Wildman–Crippen MR) is 93.5 cm³/mol. The van der Waals surface area contributed by atoms with Gasteiger partial charge in [0.25, 0.3) is 0 Å². The Bertz CT molecular complexity index is 422. The molecule has 0 aliphatic heterocycles. The molecule has 3 nitrogen and oxygen atoms in total. The minimum atomic E-state index is 0. The van der Waals surface area contributed by atoms with Crippen LogP contribution in [0.5, 0.6) is 0 Å². The van der Waals surface area contributed by atoms with Crippen LogP contribution in [0.4, 0.5) is 0 Å². The molecule has 5 heteroatoms. The van der Waals surface area contributed by atoms with Gasteiger partial charge in [-0.25, -0.2) is 0 Å². The summed E-state index contributed by atoms with van der Waals surface area (Å²) in [6, 6.07) is 0. The van der Waals surface area contributed by atoms with E-state index >= 15 is 0 Å². The van der Waals surface area contributed by atoms with Crippen molar-refractivity contribution in [3.8, 4) is 0 Å². The Morgan fingerprint density at radius 3 is 0.560 bits per heavy atom. The molecule has 0 spiro atoms. The minimum absolute atomic E-state index is 0. The van der Waals surface area contributed by atoms with Gasteiger partial charge >= 0.3 is 43.4 Å². The molecule has 0 aromatic heterocycles. The summed E-state index contributed by atoms with van der Waals surface area (Å²) in [5.74, 6) is 0. The number of rotatable bonds is 0. The van der Waals surface area contributed by atoms with Crippen LogP contribution >= 0.6 is 0 Å². The Labute approximate surface area is 184 Å². The van der Waals surface area contributed by atoms with E-state index in [2.05, 4.69) is 69.2 Å². The third-order valence-electron chi connectivity index (χ3n) is 5.62. The molecular weight excluding hydrogens is 384 g/mol. The Hall–Kier alpha value is 0.00857. The Kier molecular flexibility index (Phi) is 20.3. The van der Waals surface area contributed by atoms with Gasteiger partial charge in [0.1, 0.15) is 0 Å². The monoisotopic (exact) mass is 414 g/mol. The SMILES string of the molecule is Cc1c(C)c(C)[c-](C)c1C.Cc1c(C)c(C)[c-](C)c1C.[O-2].[O-2].[O-2].[Ti+4].[Ti+4]. The predicted octanol–water partition coefficient (Wildman–Crippen LogP) is 5.53. The van der Waals surface area contributed by atoms with Crippen molar-refractivity contribution in [2.75, 3.05) is 0 Å². The first-order valence-electron chi connectivity index (χ1n) is 7.50. The van der Waals surface area contributed by atoms with Crippen LogP contribution in [-0.2, 0) is 59.9 Å². The summed E-state index contributed by atoms with van der Waals surface area (Å²) in [5, 5.41) is 0. The number of hydrogen-bond acceptors (Lipinski definition) is 0. The molecule has 25 heavy (non-hydrogen) atoms.